The Kier molecular flexibility index (Phi) is 2.95. The monoisotopic (exact) mass is 269 g/mol. The summed E-state index contributed by atoms with van der Waals surface area (Å²) in [4.78, 5) is 0. The van der Waals surface area contributed by atoms with Crippen molar-refractivity contribution in [3.05, 3.63) is 36.5 Å². The number of ether oxygens (including phenoxy) is 2. The van der Waals surface area contributed by atoms with Gasteiger partial charge in [0.2, 0.25) is 0 Å². The first-order valence-corrected chi connectivity index (χ1v) is 6.19. The molecule has 5 nitrogen and oxygen atoms in total. The minimum absolute atomic E-state index is 0.519. The van der Waals surface area contributed by atoms with Crippen LogP contribution in [0.5, 0.6) is 11.5 Å². The fourth-order valence-corrected chi connectivity index (χ4v) is 2.42. The number of H-pyrrole nitrogens is 1. The molecule has 0 spiro atoms. The molecule has 0 atom stereocenters. The third-order valence-electron chi connectivity index (χ3n) is 3.36. The molecule has 0 aliphatic rings. The Morgan fingerprint density at radius 1 is 1.00 bits per heavy atom. The second-order valence-electron chi connectivity index (χ2n) is 4.40. The number of nitrogens with one attached hydrogen (secondary N) is 1. The van der Waals surface area contributed by atoms with E-state index in [2.05, 4.69) is 10.2 Å². The smallest absolute Gasteiger partial charge is 0.134 e. The van der Waals surface area contributed by atoms with Crippen LogP contribution in [0.2, 0.25) is 0 Å². The molecule has 1 heterocycles. The van der Waals surface area contributed by atoms with E-state index in [4.69, 9.17) is 15.2 Å². The average molecular weight is 269 g/mol. The number of hydrogen-bond donors (Lipinski definition) is 2. The molecule has 0 amide bonds. The van der Waals surface area contributed by atoms with Crippen molar-refractivity contribution in [2.24, 2.45) is 0 Å². The second-order valence-corrected chi connectivity index (χ2v) is 4.40. The van der Waals surface area contributed by atoms with E-state index < -0.39 is 0 Å². The molecule has 3 aromatic rings. The largest absolute Gasteiger partial charge is 0.496 e. The predicted octanol–water partition coefficient (Wildman–Crippen LogP) is 2.83. The van der Waals surface area contributed by atoms with Crippen LogP contribution < -0.4 is 15.2 Å². The molecular weight excluding hydrogens is 254 g/mol. The van der Waals surface area contributed by atoms with Gasteiger partial charge in [0.05, 0.1) is 20.4 Å². The number of anilines is 1. The number of rotatable bonds is 3. The Labute approximate surface area is 116 Å². The number of fused-ring (bicyclic) bond motifs is 1. The summed E-state index contributed by atoms with van der Waals surface area (Å²) in [7, 11) is 3.30. The van der Waals surface area contributed by atoms with Gasteiger partial charge in [0.25, 0.3) is 0 Å². The molecule has 0 unspecified atom stereocenters. The lowest BCUT2D eigenvalue weighted by atomic mass is 10.0. The highest BCUT2D eigenvalue weighted by atomic mass is 16.5. The van der Waals surface area contributed by atoms with Gasteiger partial charge in [-0.2, -0.15) is 5.10 Å². The average Bonchev–Trinajstić information content (AvgIpc) is 2.91. The lowest BCUT2D eigenvalue weighted by Gasteiger charge is -2.13. The molecule has 0 fully saturated rings. The highest BCUT2D eigenvalue weighted by Crippen LogP contribution is 2.40. The van der Waals surface area contributed by atoms with E-state index >= 15 is 0 Å². The number of nitrogen functional groups attached to an aromatic ring is 1. The van der Waals surface area contributed by atoms with Gasteiger partial charge in [0, 0.05) is 21.9 Å². The number of nitrogens with two attached hydrogens (primary N) is 1. The molecule has 0 radical (unpaired) electrons. The topological polar surface area (TPSA) is 73.2 Å². The van der Waals surface area contributed by atoms with Gasteiger partial charge in [0.15, 0.2) is 0 Å². The van der Waals surface area contributed by atoms with Crippen molar-refractivity contribution in [1.29, 1.82) is 0 Å². The Balaban J connectivity index is 2.33. The standard InChI is InChI=1S/C15H15N3O2/c1-19-13-5-3-4-10-9(13)6-7-11(14(10)20-2)12-8-17-18-15(12)16/h3-8H,1-2H3,(H3,16,17,18). The van der Waals surface area contributed by atoms with E-state index in [0.29, 0.717) is 5.82 Å². The molecule has 1 aromatic heterocycles. The van der Waals surface area contributed by atoms with Crippen molar-refractivity contribution < 1.29 is 9.47 Å². The number of methoxy groups -OCH3 is 2. The summed E-state index contributed by atoms with van der Waals surface area (Å²) in [6.07, 6.45) is 1.69. The maximum absolute atomic E-state index is 5.90. The van der Waals surface area contributed by atoms with Gasteiger partial charge in [-0.15, -0.1) is 0 Å². The Bertz CT molecular complexity index is 765. The summed E-state index contributed by atoms with van der Waals surface area (Å²) >= 11 is 0. The quantitative estimate of drug-likeness (QED) is 0.766. The van der Waals surface area contributed by atoms with Gasteiger partial charge < -0.3 is 15.2 Å². The van der Waals surface area contributed by atoms with E-state index in [9.17, 15) is 0 Å². The van der Waals surface area contributed by atoms with Crippen molar-refractivity contribution in [3.8, 4) is 22.6 Å². The van der Waals surface area contributed by atoms with Crippen LogP contribution in [0.1, 0.15) is 0 Å². The van der Waals surface area contributed by atoms with Gasteiger partial charge in [-0.1, -0.05) is 12.1 Å². The molecule has 102 valence electrons. The van der Waals surface area contributed by atoms with Crippen LogP contribution in [0.25, 0.3) is 21.9 Å². The van der Waals surface area contributed by atoms with Gasteiger partial charge in [-0.05, 0) is 18.2 Å². The van der Waals surface area contributed by atoms with E-state index in [0.717, 1.165) is 33.4 Å². The molecule has 5 heteroatoms. The van der Waals surface area contributed by atoms with Crippen LogP contribution in [-0.2, 0) is 0 Å². The van der Waals surface area contributed by atoms with Gasteiger partial charge in [-0.3, -0.25) is 5.10 Å². The second kappa shape index (κ2) is 4.77. The third kappa shape index (κ3) is 1.75. The van der Waals surface area contributed by atoms with E-state index in [1.54, 1.807) is 20.4 Å². The van der Waals surface area contributed by atoms with Gasteiger partial charge in [-0.25, -0.2) is 0 Å². The lowest BCUT2D eigenvalue weighted by molar-refractivity contribution is 0.416. The van der Waals surface area contributed by atoms with Crippen LogP contribution in [-0.4, -0.2) is 24.4 Å². The summed E-state index contributed by atoms with van der Waals surface area (Å²) in [6, 6.07) is 9.82. The first kappa shape index (κ1) is 12.3. The summed E-state index contributed by atoms with van der Waals surface area (Å²) in [6.45, 7) is 0. The van der Waals surface area contributed by atoms with Crippen LogP contribution in [0.15, 0.2) is 36.5 Å². The van der Waals surface area contributed by atoms with Crippen molar-refractivity contribution in [1.82, 2.24) is 10.2 Å². The van der Waals surface area contributed by atoms with Crippen molar-refractivity contribution in [3.63, 3.8) is 0 Å². The molecule has 20 heavy (non-hydrogen) atoms. The number of nitrogens with zero attached hydrogens (tertiary/aromatic N) is 1. The van der Waals surface area contributed by atoms with Crippen LogP contribution in [0.3, 0.4) is 0 Å². The Morgan fingerprint density at radius 3 is 2.50 bits per heavy atom. The van der Waals surface area contributed by atoms with Crippen molar-refractivity contribution >= 4 is 16.6 Å². The summed E-state index contributed by atoms with van der Waals surface area (Å²) in [5.41, 5.74) is 7.63. The number of aromatic amines is 1. The van der Waals surface area contributed by atoms with Crippen LogP contribution >= 0.6 is 0 Å². The molecule has 0 saturated carbocycles. The summed E-state index contributed by atoms with van der Waals surface area (Å²) in [5, 5.41) is 8.67. The zero-order chi connectivity index (χ0) is 14.1. The highest BCUT2D eigenvalue weighted by molar-refractivity contribution is 5.99. The first-order chi connectivity index (χ1) is 9.76. The maximum Gasteiger partial charge on any atom is 0.134 e. The molecule has 0 aliphatic heterocycles. The number of hydrogen-bond acceptors (Lipinski definition) is 4. The SMILES string of the molecule is COc1cccc2c(OC)c(-c3cn[nH]c3N)ccc12. The maximum atomic E-state index is 5.90. The van der Waals surface area contributed by atoms with E-state index in [-0.39, 0.29) is 0 Å². The summed E-state index contributed by atoms with van der Waals surface area (Å²) in [5.74, 6) is 2.09. The highest BCUT2D eigenvalue weighted by Gasteiger charge is 2.15. The molecule has 3 N–H and O–H groups in total. The zero-order valence-electron chi connectivity index (χ0n) is 11.3. The van der Waals surface area contributed by atoms with Gasteiger partial charge in [0.1, 0.15) is 17.3 Å². The Morgan fingerprint density at radius 2 is 1.85 bits per heavy atom. The Hall–Kier alpha value is -2.69. The van der Waals surface area contributed by atoms with Crippen LogP contribution in [0.4, 0.5) is 5.82 Å². The normalized spacial score (nSPS) is 10.7. The molecule has 3 rings (SSSR count). The third-order valence-corrected chi connectivity index (χ3v) is 3.36. The van der Waals surface area contributed by atoms with E-state index in [1.165, 1.54) is 0 Å². The minimum atomic E-state index is 0.519. The van der Waals surface area contributed by atoms with Crippen molar-refractivity contribution in [2.45, 2.75) is 0 Å². The molecule has 0 saturated heterocycles. The predicted molar refractivity (Wildman–Crippen MR) is 79.0 cm³/mol. The van der Waals surface area contributed by atoms with Crippen LogP contribution in [0, 0.1) is 0 Å². The molecular formula is C15H15N3O2. The zero-order valence-corrected chi connectivity index (χ0v) is 11.3. The molecule has 0 bridgehead atoms. The fourth-order valence-electron chi connectivity index (χ4n) is 2.42. The lowest BCUT2D eigenvalue weighted by Crippen LogP contribution is -1.93. The number of aromatic nitrogens is 2. The van der Waals surface area contributed by atoms with Crippen molar-refractivity contribution in [2.75, 3.05) is 20.0 Å². The van der Waals surface area contributed by atoms with Gasteiger partial charge >= 0.3 is 0 Å². The molecule has 0 aliphatic carbocycles. The first-order valence-electron chi connectivity index (χ1n) is 6.19. The molecule has 2 aromatic carbocycles. The minimum Gasteiger partial charge on any atom is -0.496 e. The fraction of sp³-hybridized carbons (Fsp3) is 0.133. The number of benzene rings is 2. The van der Waals surface area contributed by atoms with E-state index in [1.807, 2.05) is 30.3 Å². The summed E-state index contributed by atoms with van der Waals surface area (Å²) < 4.78 is 11.0.